The molecule has 0 saturated carbocycles. The Balaban J connectivity index is 1.69. The summed E-state index contributed by atoms with van der Waals surface area (Å²) in [7, 11) is -0.838. The molecule has 6 heteroatoms. The van der Waals surface area contributed by atoms with Crippen LogP contribution < -0.4 is 0 Å². The Hall–Kier alpha value is -0.170. The molecule has 2 N–H and O–H groups in total. The van der Waals surface area contributed by atoms with Gasteiger partial charge in [0.05, 0.1) is 10.5 Å². The Morgan fingerprint density at radius 1 is 0.938 bits per heavy atom. The number of hydrogen-bond acceptors (Lipinski definition) is 5. The highest BCUT2D eigenvalue weighted by Crippen LogP contribution is 2.37. The van der Waals surface area contributed by atoms with Crippen molar-refractivity contribution in [2.24, 2.45) is 10.8 Å². The van der Waals surface area contributed by atoms with Crippen LogP contribution in [0.1, 0.15) is 98.3 Å². The van der Waals surface area contributed by atoms with E-state index in [1.807, 2.05) is 6.08 Å². The van der Waals surface area contributed by atoms with Gasteiger partial charge in [-0.1, -0.05) is 65.5 Å². The summed E-state index contributed by atoms with van der Waals surface area (Å²) in [5, 5.41) is 19.5. The van der Waals surface area contributed by atoms with Gasteiger partial charge in [0.2, 0.25) is 0 Å². The number of unbranched alkanes of at least 4 members (excludes halogenated alkanes) is 2. The molecular formula is C26H46O4S2. The minimum absolute atomic E-state index is 0.00524. The maximum Gasteiger partial charge on any atom is 0.150 e. The van der Waals surface area contributed by atoms with Crippen LogP contribution in [-0.4, -0.2) is 54.4 Å². The summed E-state index contributed by atoms with van der Waals surface area (Å²) in [4.78, 5) is 12.5. The molecule has 2 heterocycles. The normalized spacial score (nSPS) is 29.4. The van der Waals surface area contributed by atoms with Crippen molar-refractivity contribution >= 4 is 28.3 Å². The number of Topliss-reactive ketones (excluding diaryl/α,β-unsaturated/α-hetero) is 1. The van der Waals surface area contributed by atoms with Gasteiger partial charge in [-0.15, -0.1) is 11.8 Å². The predicted molar refractivity (Wildman–Crippen MR) is 138 cm³/mol. The molecule has 0 radical (unpaired) electrons. The predicted octanol–water partition coefficient (Wildman–Crippen LogP) is 5.42. The first-order valence-corrected chi connectivity index (χ1v) is 14.8. The molecule has 0 aromatic heterocycles. The van der Waals surface area contributed by atoms with Crippen molar-refractivity contribution in [3.63, 3.8) is 0 Å². The summed E-state index contributed by atoms with van der Waals surface area (Å²) < 4.78 is 12.9. The fourth-order valence-corrected chi connectivity index (χ4v) is 7.88. The van der Waals surface area contributed by atoms with Crippen molar-refractivity contribution in [2.75, 3.05) is 13.2 Å². The standard InChI is InChI=1S/C26H46O4S2/c1-25(2,18-27)15-7-5-9-20-17-23(29)24(31-20)14-13-22-12-11-21(32(22)30)10-6-8-16-26(3,4)19-28/h13-14,20-22,24,27-28H,5-12,15-19H2,1-4H3. The van der Waals surface area contributed by atoms with Gasteiger partial charge in [0.1, 0.15) is 0 Å². The molecule has 0 aromatic carbocycles. The third-order valence-electron chi connectivity index (χ3n) is 7.10. The van der Waals surface area contributed by atoms with Crippen LogP contribution >= 0.6 is 11.8 Å². The van der Waals surface area contributed by atoms with Crippen LogP contribution in [0.2, 0.25) is 0 Å². The van der Waals surface area contributed by atoms with Crippen LogP contribution in [0.4, 0.5) is 0 Å². The van der Waals surface area contributed by atoms with Crippen LogP contribution in [0.3, 0.4) is 0 Å². The third-order valence-corrected chi connectivity index (χ3v) is 10.7. The molecule has 0 aliphatic carbocycles. The second-order valence-corrected chi connectivity index (χ2v) is 14.8. The zero-order valence-corrected chi connectivity index (χ0v) is 22.3. The van der Waals surface area contributed by atoms with Crippen LogP contribution in [0.15, 0.2) is 12.2 Å². The van der Waals surface area contributed by atoms with Crippen LogP contribution in [0, 0.1) is 10.8 Å². The number of carbonyl (C=O) groups excluding carboxylic acids is 1. The zero-order chi connectivity index (χ0) is 23.8. The number of ketones is 1. The van der Waals surface area contributed by atoms with E-state index >= 15 is 0 Å². The Morgan fingerprint density at radius 2 is 1.53 bits per heavy atom. The van der Waals surface area contributed by atoms with Crippen molar-refractivity contribution in [3.05, 3.63) is 12.2 Å². The fraction of sp³-hybridized carbons (Fsp3) is 0.885. The van der Waals surface area contributed by atoms with E-state index < -0.39 is 10.8 Å². The molecule has 2 aliphatic rings. The van der Waals surface area contributed by atoms with Gasteiger partial charge >= 0.3 is 0 Å². The molecule has 5 atom stereocenters. The lowest BCUT2D eigenvalue weighted by molar-refractivity contribution is -0.117. The van der Waals surface area contributed by atoms with Gasteiger partial charge in [0, 0.05) is 40.9 Å². The van der Waals surface area contributed by atoms with Crippen LogP contribution in [0.25, 0.3) is 0 Å². The first kappa shape index (κ1) is 28.1. The van der Waals surface area contributed by atoms with Crippen molar-refractivity contribution in [2.45, 2.75) is 119 Å². The summed E-state index contributed by atoms with van der Waals surface area (Å²) in [5.41, 5.74) is -0.0197. The molecule has 2 rings (SSSR count). The van der Waals surface area contributed by atoms with Crippen LogP contribution in [-0.2, 0) is 15.6 Å². The SMILES string of the molecule is CC(C)(CO)CCCCC1CC(=O)C(C=CC2CCC(CCCCC(C)(C)CO)S2=O)S1. The number of thioether (sulfide) groups is 1. The molecular weight excluding hydrogens is 440 g/mol. The minimum Gasteiger partial charge on any atom is -0.396 e. The van der Waals surface area contributed by atoms with Gasteiger partial charge in [-0.3, -0.25) is 9.00 Å². The van der Waals surface area contributed by atoms with Crippen molar-refractivity contribution < 1.29 is 19.2 Å². The van der Waals surface area contributed by atoms with E-state index in [2.05, 4.69) is 33.8 Å². The Bertz CT molecular complexity index is 640. The monoisotopic (exact) mass is 486 g/mol. The van der Waals surface area contributed by atoms with E-state index in [1.54, 1.807) is 11.8 Å². The van der Waals surface area contributed by atoms with Crippen molar-refractivity contribution in [3.8, 4) is 0 Å². The zero-order valence-electron chi connectivity index (χ0n) is 20.7. The molecule has 5 unspecified atom stereocenters. The summed E-state index contributed by atoms with van der Waals surface area (Å²) >= 11 is 1.78. The molecule has 4 nitrogen and oxygen atoms in total. The fourth-order valence-electron chi connectivity index (χ4n) is 4.59. The largest absolute Gasteiger partial charge is 0.396 e. The molecule has 0 amide bonds. The summed E-state index contributed by atoms with van der Waals surface area (Å²) in [6, 6.07) is 0. The molecule has 0 bridgehead atoms. The summed E-state index contributed by atoms with van der Waals surface area (Å²) in [5.74, 6) is 0.318. The molecule has 0 spiro atoms. The van der Waals surface area contributed by atoms with Gasteiger partial charge in [0.15, 0.2) is 5.78 Å². The Kier molecular flexibility index (Phi) is 11.5. The molecule has 32 heavy (non-hydrogen) atoms. The molecule has 0 aromatic rings. The van der Waals surface area contributed by atoms with E-state index in [4.69, 9.17) is 0 Å². The maximum atomic E-state index is 12.9. The maximum absolute atomic E-state index is 12.9. The van der Waals surface area contributed by atoms with Gasteiger partial charge in [-0.25, -0.2) is 0 Å². The Labute approximate surface area is 202 Å². The number of aliphatic hydroxyl groups is 2. The molecule has 2 aliphatic heterocycles. The number of aliphatic hydroxyl groups excluding tert-OH is 2. The Morgan fingerprint density at radius 3 is 2.12 bits per heavy atom. The van der Waals surface area contributed by atoms with Gasteiger partial charge in [-0.05, 0) is 49.4 Å². The topological polar surface area (TPSA) is 74.6 Å². The van der Waals surface area contributed by atoms with Crippen LogP contribution in [0.5, 0.6) is 0 Å². The highest BCUT2D eigenvalue weighted by molar-refractivity contribution is 8.01. The lowest BCUT2D eigenvalue weighted by Crippen LogP contribution is -2.17. The summed E-state index contributed by atoms with van der Waals surface area (Å²) in [6.45, 7) is 8.81. The summed E-state index contributed by atoms with van der Waals surface area (Å²) in [6.07, 6.45) is 15.2. The number of carbonyl (C=O) groups is 1. The van der Waals surface area contributed by atoms with E-state index in [0.29, 0.717) is 17.5 Å². The first-order valence-electron chi connectivity index (χ1n) is 12.5. The molecule has 2 saturated heterocycles. The van der Waals surface area contributed by atoms with Gasteiger partial charge in [-0.2, -0.15) is 0 Å². The average molecular weight is 487 g/mol. The highest BCUT2D eigenvalue weighted by atomic mass is 32.2. The smallest absolute Gasteiger partial charge is 0.150 e. The lowest BCUT2D eigenvalue weighted by atomic mass is 9.88. The quantitative estimate of drug-likeness (QED) is 0.253. The van der Waals surface area contributed by atoms with E-state index in [-0.39, 0.29) is 39.8 Å². The first-order chi connectivity index (χ1) is 15.1. The minimum atomic E-state index is -0.838. The van der Waals surface area contributed by atoms with Gasteiger partial charge in [0.25, 0.3) is 0 Å². The van der Waals surface area contributed by atoms with Crippen molar-refractivity contribution in [1.82, 2.24) is 0 Å². The van der Waals surface area contributed by atoms with E-state index in [0.717, 1.165) is 64.2 Å². The lowest BCUT2D eigenvalue weighted by Gasteiger charge is -2.21. The highest BCUT2D eigenvalue weighted by Gasteiger charge is 2.34. The number of hydrogen-bond donors (Lipinski definition) is 2. The van der Waals surface area contributed by atoms with Crippen molar-refractivity contribution in [1.29, 1.82) is 0 Å². The average Bonchev–Trinajstić information content (AvgIpc) is 3.28. The third kappa shape index (κ3) is 9.23. The van der Waals surface area contributed by atoms with E-state index in [9.17, 15) is 19.2 Å². The molecule has 186 valence electrons. The second-order valence-electron chi connectivity index (χ2n) is 11.4. The van der Waals surface area contributed by atoms with E-state index in [1.165, 1.54) is 0 Å². The number of rotatable bonds is 14. The second kappa shape index (κ2) is 13.1. The molecule has 2 fully saturated rings. The van der Waals surface area contributed by atoms with Gasteiger partial charge < -0.3 is 10.2 Å².